The molecule has 0 amide bonds. The summed E-state index contributed by atoms with van der Waals surface area (Å²) in [6, 6.07) is 0. The first kappa shape index (κ1) is 118. The van der Waals surface area contributed by atoms with Crippen LogP contribution in [0.3, 0.4) is 0 Å². The number of nitrogens with zero attached hydrogens (tertiary/aromatic N) is 2. The molecule has 10 nitrogen and oxygen atoms in total. The zero-order chi connectivity index (χ0) is 89.1. The molecule has 4 unspecified atom stereocenters. The van der Waals surface area contributed by atoms with Crippen LogP contribution in [-0.2, 0) is 38.1 Å². The zero-order valence-electron chi connectivity index (χ0n) is 84.3. The second-order valence-electron chi connectivity index (χ2n) is 39.0. The van der Waals surface area contributed by atoms with Crippen LogP contribution in [0.1, 0.15) is 576 Å². The summed E-state index contributed by atoms with van der Waals surface area (Å²) >= 11 is 0. The fourth-order valence-electron chi connectivity index (χ4n) is 18.7. The first-order valence-corrected chi connectivity index (χ1v) is 55.7. The van der Waals surface area contributed by atoms with Gasteiger partial charge in [0.15, 0.2) is 0 Å². The molecular weight excluding hydrogens is 1510 g/mol. The van der Waals surface area contributed by atoms with Gasteiger partial charge in [-0.2, -0.15) is 0 Å². The molecule has 724 valence electrons. The first-order valence-electron chi connectivity index (χ1n) is 55.7. The van der Waals surface area contributed by atoms with Crippen LogP contribution in [0.15, 0.2) is 34.9 Å². The van der Waals surface area contributed by atoms with Crippen molar-refractivity contribution in [3.63, 3.8) is 0 Å². The van der Waals surface area contributed by atoms with Crippen molar-refractivity contribution >= 4 is 23.9 Å². The minimum absolute atomic E-state index is 0.0622. The Morgan fingerprint density at radius 1 is 0.260 bits per heavy atom. The van der Waals surface area contributed by atoms with E-state index in [1.54, 1.807) is 16.7 Å². The molecule has 1 heterocycles. The molecule has 1 rings (SSSR count). The number of carbonyl (C=O) groups excluding carboxylic acids is 4. The third-order valence-corrected chi connectivity index (χ3v) is 27.3. The molecule has 0 aliphatic carbocycles. The summed E-state index contributed by atoms with van der Waals surface area (Å²) in [6.45, 7) is 29.6. The maximum absolute atomic E-state index is 13.6. The first-order chi connectivity index (χ1) is 60.5. The van der Waals surface area contributed by atoms with Crippen LogP contribution in [0, 0.1) is 23.7 Å². The Morgan fingerprint density at radius 2 is 0.504 bits per heavy atom. The summed E-state index contributed by atoms with van der Waals surface area (Å²) in [5, 5.41) is 0. The second-order valence-corrected chi connectivity index (χ2v) is 39.0. The maximum Gasteiger partial charge on any atom is 0.308 e. The van der Waals surface area contributed by atoms with Gasteiger partial charge in [-0.05, 0) is 173 Å². The summed E-state index contributed by atoms with van der Waals surface area (Å²) in [5.74, 6) is 0.573. The molecule has 123 heavy (non-hydrogen) atoms. The molecule has 1 fully saturated rings. The Bertz CT molecular complexity index is 2360. The van der Waals surface area contributed by atoms with Crippen molar-refractivity contribution in [1.82, 2.24) is 9.80 Å². The molecule has 0 aromatic rings. The highest BCUT2D eigenvalue weighted by atomic mass is 16.5. The molecule has 0 saturated carbocycles. The summed E-state index contributed by atoms with van der Waals surface area (Å²) in [7, 11) is 0. The Kier molecular flexibility index (Phi) is 89.9. The van der Waals surface area contributed by atoms with Crippen LogP contribution in [0.2, 0.25) is 0 Å². The molecule has 0 N–H and O–H groups in total. The Morgan fingerprint density at radius 3 is 0.813 bits per heavy atom. The van der Waals surface area contributed by atoms with Gasteiger partial charge >= 0.3 is 23.9 Å². The fraction of sp³-hybridized carbons (Fsp3) is 0.912. The Labute approximate surface area is 767 Å². The molecule has 0 aromatic heterocycles. The highest BCUT2D eigenvalue weighted by Crippen LogP contribution is 2.29. The van der Waals surface area contributed by atoms with Crippen LogP contribution >= 0.6 is 0 Å². The van der Waals surface area contributed by atoms with E-state index in [1.165, 1.54) is 341 Å². The van der Waals surface area contributed by atoms with E-state index in [2.05, 4.69) is 90.3 Å². The van der Waals surface area contributed by atoms with Crippen molar-refractivity contribution in [2.45, 2.75) is 576 Å². The van der Waals surface area contributed by atoms with E-state index in [0.717, 1.165) is 212 Å². The lowest BCUT2D eigenvalue weighted by Gasteiger charge is -2.28. The number of allylic oxidation sites excluding steroid dienone is 2. The molecule has 0 radical (unpaired) electrons. The van der Waals surface area contributed by atoms with Crippen molar-refractivity contribution in [1.29, 1.82) is 0 Å². The molecule has 10 heteroatoms. The monoisotopic (exact) mass is 1730 g/mol. The molecule has 1 saturated heterocycles. The third-order valence-electron chi connectivity index (χ3n) is 27.3. The van der Waals surface area contributed by atoms with Gasteiger partial charge in [0.25, 0.3) is 0 Å². The summed E-state index contributed by atoms with van der Waals surface area (Å²) in [4.78, 5) is 59.5. The molecule has 1 aliphatic heterocycles. The lowest BCUT2D eigenvalue weighted by Crippen LogP contribution is -2.31. The van der Waals surface area contributed by atoms with Crippen LogP contribution in [0.4, 0.5) is 0 Å². The van der Waals surface area contributed by atoms with Crippen LogP contribution in [0.5, 0.6) is 0 Å². The average Bonchev–Trinajstić information content (AvgIpc) is 0.904. The van der Waals surface area contributed by atoms with Crippen LogP contribution < -0.4 is 0 Å². The smallest absolute Gasteiger partial charge is 0.308 e. The molecule has 4 atom stereocenters. The van der Waals surface area contributed by atoms with Gasteiger partial charge < -0.3 is 28.7 Å². The molecule has 1 aliphatic rings. The van der Waals surface area contributed by atoms with E-state index in [0.29, 0.717) is 26.4 Å². The maximum atomic E-state index is 13.6. The van der Waals surface area contributed by atoms with E-state index < -0.39 is 0 Å². The number of piperidine rings is 1. The number of hydrogen-bond donors (Lipinski definition) is 0. The number of unbranched alkanes of at least 4 members (excludes halogenated alkanes) is 51. The van der Waals surface area contributed by atoms with Gasteiger partial charge in [-0.1, -0.05) is 444 Å². The highest BCUT2D eigenvalue weighted by molar-refractivity contribution is 5.73. The average molecular weight is 1730 g/mol. The fourth-order valence-corrected chi connectivity index (χ4v) is 18.7. The summed E-state index contributed by atoms with van der Waals surface area (Å²) in [5.41, 5.74) is 5.00. The van der Waals surface area contributed by atoms with Crippen molar-refractivity contribution in [3.05, 3.63) is 34.9 Å². The molecular formula is C113H214N2O8. The standard InChI is InChI=1S/C113H214N2O8/c1-10-19-28-37-48-65-86-106(82-61-33-24-15-6)110(116)120-99-70-53-41-45-58-77-103(76-57-44-32-23-14-5)80-74-95-115-97-91-105(92-98-115)81-75-94-114(93-69-52-56-73-102-123-113(119)109(85-64-36-27-18-9)89-68-51-40-31-22-13-4)96-90-104(78-59-46-42-54-71-100-121-111(117)107(83-62-34-25-16-7)87-66-49-38-29-20-11-2)79-60-47-43-55-72-101-122-112(118)108(84-63-35-26-17-8)88-67-50-39-30-21-12-3/h78,80-81,106-109H,10-77,79,82-102H2,1-9H3/b103-80+,104-78-. The quantitative estimate of drug-likeness (QED) is 0.0253. The normalized spacial score (nSPS) is 13.9. The molecule has 0 bridgehead atoms. The lowest BCUT2D eigenvalue weighted by molar-refractivity contribution is -0.150. The van der Waals surface area contributed by atoms with E-state index in [1.807, 2.05) is 0 Å². The number of ether oxygens (including phenoxy) is 4. The van der Waals surface area contributed by atoms with Gasteiger partial charge in [-0.3, -0.25) is 19.2 Å². The van der Waals surface area contributed by atoms with E-state index in [4.69, 9.17) is 18.9 Å². The van der Waals surface area contributed by atoms with E-state index >= 15 is 0 Å². The topological polar surface area (TPSA) is 112 Å². The number of hydrogen-bond acceptors (Lipinski definition) is 10. The van der Waals surface area contributed by atoms with Crippen molar-refractivity contribution < 1.29 is 38.1 Å². The van der Waals surface area contributed by atoms with Crippen LogP contribution in [0.25, 0.3) is 0 Å². The van der Waals surface area contributed by atoms with Gasteiger partial charge in [0.05, 0.1) is 50.1 Å². The minimum atomic E-state index is 0.0622. The SMILES string of the molecule is CCCCCCCCC(CCCCCC)C(=O)OCCCCCC/C=C(/CCCCCCCOC(=O)C(CCCCCC)CCCCCCCC)CCN(CCC=C1CCN(CC/C=C(\CCCCCCC)CCCCCCCOC(=O)C(CCCCCC)CCCCCCCC)CC1)CCCCCCOC(=O)C(CCCCCC)CCCCCCCC. The Hall–Kier alpha value is -2.98. The van der Waals surface area contributed by atoms with E-state index in [9.17, 15) is 19.2 Å². The van der Waals surface area contributed by atoms with Crippen molar-refractivity contribution in [3.8, 4) is 0 Å². The third kappa shape index (κ3) is 76.4. The number of carbonyl (C=O) groups is 4. The number of rotatable bonds is 97. The lowest BCUT2D eigenvalue weighted by atomic mass is 9.94. The van der Waals surface area contributed by atoms with Gasteiger partial charge in [0.2, 0.25) is 0 Å². The largest absolute Gasteiger partial charge is 0.465 e. The van der Waals surface area contributed by atoms with Gasteiger partial charge in [-0.25, -0.2) is 0 Å². The van der Waals surface area contributed by atoms with Gasteiger partial charge in [0, 0.05) is 32.7 Å². The van der Waals surface area contributed by atoms with Crippen molar-refractivity contribution in [2.24, 2.45) is 23.7 Å². The zero-order valence-corrected chi connectivity index (χ0v) is 84.3. The number of esters is 4. The molecule has 0 aromatic carbocycles. The summed E-state index contributed by atoms with van der Waals surface area (Å²) < 4.78 is 24.2. The van der Waals surface area contributed by atoms with Crippen molar-refractivity contribution in [2.75, 3.05) is 65.7 Å². The van der Waals surface area contributed by atoms with Gasteiger partial charge in [-0.15, -0.1) is 0 Å². The minimum Gasteiger partial charge on any atom is -0.465 e. The summed E-state index contributed by atoms with van der Waals surface area (Å²) in [6.07, 6.45) is 103. The predicted octanol–water partition coefficient (Wildman–Crippen LogP) is 35.4. The highest BCUT2D eigenvalue weighted by Gasteiger charge is 2.24. The predicted molar refractivity (Wildman–Crippen MR) is 535 cm³/mol. The molecule has 0 spiro atoms. The Balaban J connectivity index is 3.23. The second kappa shape index (κ2) is 93.7. The van der Waals surface area contributed by atoms with Gasteiger partial charge in [0.1, 0.15) is 0 Å². The van der Waals surface area contributed by atoms with Crippen LogP contribution in [-0.4, -0.2) is 99.4 Å². The number of likely N-dealkylation sites (tertiary alicyclic amines) is 1. The van der Waals surface area contributed by atoms with E-state index in [-0.39, 0.29) is 47.5 Å².